The monoisotopic (exact) mass is 500 g/mol. The number of aryl methyl sites for hydroxylation is 1. The van der Waals surface area contributed by atoms with Gasteiger partial charge in [0.2, 0.25) is 5.78 Å². The maximum absolute atomic E-state index is 12.7. The molecule has 0 heterocycles. The molecule has 1 unspecified atom stereocenters. The van der Waals surface area contributed by atoms with Gasteiger partial charge < -0.3 is 18.9 Å². The number of halogens is 3. The fraction of sp³-hybridized carbons (Fsp3) is 0.480. The van der Waals surface area contributed by atoms with Crippen molar-refractivity contribution in [2.24, 2.45) is 0 Å². The average molecular weight is 501 g/mol. The number of methoxy groups -OCH3 is 1. The van der Waals surface area contributed by atoms with Crippen LogP contribution in [0, 0.1) is 6.92 Å². The van der Waals surface area contributed by atoms with Crippen LogP contribution in [0.4, 0.5) is 13.2 Å². The fourth-order valence-electron chi connectivity index (χ4n) is 2.96. The van der Waals surface area contributed by atoms with E-state index in [1.54, 1.807) is 25.6 Å². The Kier molecular flexibility index (Phi) is 10.3. The molecule has 5 nitrogen and oxygen atoms in total. The molecule has 2 aromatic rings. The Hall–Kier alpha value is -2.23. The number of benzene rings is 2. The summed E-state index contributed by atoms with van der Waals surface area (Å²) in [5, 5.41) is 0. The number of rotatable bonds is 13. The lowest BCUT2D eigenvalue weighted by Gasteiger charge is -2.26. The molecule has 0 aromatic heterocycles. The summed E-state index contributed by atoms with van der Waals surface area (Å²) in [6, 6.07) is 10.3. The van der Waals surface area contributed by atoms with Gasteiger partial charge in [-0.3, -0.25) is 4.79 Å². The summed E-state index contributed by atoms with van der Waals surface area (Å²) in [7, 11) is 1.47. The van der Waals surface area contributed by atoms with Gasteiger partial charge >= 0.3 is 6.18 Å². The van der Waals surface area contributed by atoms with Crippen LogP contribution < -0.4 is 9.47 Å². The predicted molar refractivity (Wildman–Crippen MR) is 126 cm³/mol. The van der Waals surface area contributed by atoms with Crippen LogP contribution in [-0.2, 0) is 20.4 Å². The van der Waals surface area contributed by atoms with E-state index in [0.29, 0.717) is 23.9 Å². The Balaban J connectivity index is 1.94. The predicted octanol–water partition coefficient (Wildman–Crippen LogP) is 5.96. The number of ether oxygens (including phenoxy) is 4. The standard InChI is InChI=1S/C25H31F3O5S/c1-6-31-20(14-32-19-9-7-18(8-10-19)25(26,27)28)16-34-21-11-12-22(17(2)13-21)33-24(3,4)23(29)15-30-5/h7-13,20H,6,14-16H2,1-5H3. The van der Waals surface area contributed by atoms with E-state index in [1.165, 1.54) is 19.2 Å². The third kappa shape index (κ3) is 8.52. The summed E-state index contributed by atoms with van der Waals surface area (Å²) in [5.74, 6) is 1.41. The molecule has 1 atom stereocenters. The Morgan fingerprint density at radius 2 is 1.76 bits per heavy atom. The molecule has 34 heavy (non-hydrogen) atoms. The highest BCUT2D eigenvalue weighted by Crippen LogP contribution is 2.31. The Morgan fingerprint density at radius 1 is 1.09 bits per heavy atom. The zero-order valence-electron chi connectivity index (χ0n) is 20.0. The number of hydrogen-bond donors (Lipinski definition) is 0. The summed E-state index contributed by atoms with van der Waals surface area (Å²) < 4.78 is 60.3. The number of alkyl halides is 3. The fourth-order valence-corrected chi connectivity index (χ4v) is 3.96. The van der Waals surface area contributed by atoms with Gasteiger partial charge in [0.05, 0.1) is 5.56 Å². The molecule has 0 aliphatic heterocycles. The maximum atomic E-state index is 12.7. The minimum atomic E-state index is -4.38. The van der Waals surface area contributed by atoms with Crippen molar-refractivity contribution in [3.63, 3.8) is 0 Å². The summed E-state index contributed by atoms with van der Waals surface area (Å²) in [4.78, 5) is 13.2. The molecule has 9 heteroatoms. The van der Waals surface area contributed by atoms with Gasteiger partial charge in [-0.2, -0.15) is 13.2 Å². The average Bonchev–Trinajstić information content (AvgIpc) is 2.77. The van der Waals surface area contributed by atoms with Crippen LogP contribution in [0.2, 0.25) is 0 Å². The van der Waals surface area contributed by atoms with Crippen LogP contribution in [0.3, 0.4) is 0 Å². The molecule has 0 aliphatic rings. The number of Topliss-reactive ketones (excluding diaryl/α,β-unsaturated/α-hetero) is 1. The van der Waals surface area contributed by atoms with Gasteiger partial charge in [0, 0.05) is 24.4 Å². The molecule has 0 saturated carbocycles. The van der Waals surface area contributed by atoms with Gasteiger partial charge in [-0.1, -0.05) is 0 Å². The number of thioether (sulfide) groups is 1. The number of carbonyl (C=O) groups excluding carboxylic acids is 1. The minimum absolute atomic E-state index is 0.0205. The molecule has 0 fully saturated rings. The van der Waals surface area contributed by atoms with E-state index in [4.69, 9.17) is 18.9 Å². The Labute approximate surface area is 202 Å². The second kappa shape index (κ2) is 12.5. The molecule has 2 rings (SSSR count). The molecule has 0 aliphatic carbocycles. The van der Waals surface area contributed by atoms with Crippen molar-refractivity contribution in [3.05, 3.63) is 53.6 Å². The molecular weight excluding hydrogens is 469 g/mol. The zero-order chi connectivity index (χ0) is 25.4. The van der Waals surface area contributed by atoms with Crippen LogP contribution in [-0.4, -0.2) is 50.2 Å². The molecule has 2 aromatic carbocycles. The quantitative estimate of drug-likeness (QED) is 0.316. The molecule has 0 amide bonds. The molecule has 0 N–H and O–H groups in total. The van der Waals surface area contributed by atoms with Gasteiger partial charge in [-0.15, -0.1) is 11.8 Å². The molecule has 0 bridgehead atoms. The van der Waals surface area contributed by atoms with Crippen molar-refractivity contribution in [2.75, 3.05) is 32.7 Å². The number of ketones is 1. The van der Waals surface area contributed by atoms with Crippen LogP contribution in [0.5, 0.6) is 11.5 Å². The number of carbonyl (C=O) groups is 1. The third-order valence-corrected chi connectivity index (χ3v) is 6.04. The minimum Gasteiger partial charge on any atom is -0.491 e. The second-order valence-electron chi connectivity index (χ2n) is 8.12. The van der Waals surface area contributed by atoms with Gasteiger partial charge in [-0.05, 0) is 75.7 Å². The first-order valence-corrected chi connectivity index (χ1v) is 11.8. The van der Waals surface area contributed by atoms with Crippen molar-refractivity contribution >= 4 is 17.5 Å². The van der Waals surface area contributed by atoms with Crippen LogP contribution in [0.25, 0.3) is 0 Å². The number of hydrogen-bond acceptors (Lipinski definition) is 6. The second-order valence-corrected chi connectivity index (χ2v) is 9.21. The van der Waals surface area contributed by atoms with Gasteiger partial charge in [0.15, 0.2) is 5.60 Å². The normalized spacial score (nSPS) is 12.9. The first-order valence-electron chi connectivity index (χ1n) is 10.8. The van der Waals surface area contributed by atoms with Crippen LogP contribution in [0.15, 0.2) is 47.4 Å². The lowest BCUT2D eigenvalue weighted by atomic mass is 10.0. The van der Waals surface area contributed by atoms with Crippen molar-refractivity contribution in [2.45, 2.75) is 50.5 Å². The van der Waals surface area contributed by atoms with Gasteiger partial charge in [0.25, 0.3) is 0 Å². The molecule has 0 spiro atoms. The Morgan fingerprint density at radius 3 is 2.32 bits per heavy atom. The lowest BCUT2D eigenvalue weighted by Crippen LogP contribution is -2.40. The molecule has 0 saturated heterocycles. The van der Waals surface area contributed by atoms with Crippen molar-refractivity contribution in [3.8, 4) is 11.5 Å². The van der Waals surface area contributed by atoms with E-state index < -0.39 is 17.3 Å². The lowest BCUT2D eigenvalue weighted by molar-refractivity contribution is -0.137. The Bertz CT molecular complexity index is 929. The van der Waals surface area contributed by atoms with Crippen molar-refractivity contribution in [1.82, 2.24) is 0 Å². The van der Waals surface area contributed by atoms with Crippen LogP contribution in [0.1, 0.15) is 31.9 Å². The molecular formula is C25H31F3O5S. The zero-order valence-corrected chi connectivity index (χ0v) is 20.8. The summed E-state index contributed by atoms with van der Waals surface area (Å²) in [5.41, 5.74) is -0.839. The summed E-state index contributed by atoms with van der Waals surface area (Å²) >= 11 is 1.57. The molecule has 0 radical (unpaired) electrons. The molecule has 188 valence electrons. The highest BCUT2D eigenvalue weighted by atomic mass is 32.2. The van der Waals surface area contributed by atoms with E-state index in [9.17, 15) is 18.0 Å². The smallest absolute Gasteiger partial charge is 0.416 e. The largest absolute Gasteiger partial charge is 0.491 e. The van der Waals surface area contributed by atoms with E-state index >= 15 is 0 Å². The van der Waals surface area contributed by atoms with E-state index in [2.05, 4.69) is 0 Å². The topological polar surface area (TPSA) is 54.0 Å². The van der Waals surface area contributed by atoms with E-state index in [-0.39, 0.29) is 25.1 Å². The van der Waals surface area contributed by atoms with Gasteiger partial charge in [0.1, 0.15) is 30.8 Å². The highest BCUT2D eigenvalue weighted by molar-refractivity contribution is 7.99. The van der Waals surface area contributed by atoms with Crippen molar-refractivity contribution in [1.29, 1.82) is 0 Å². The summed E-state index contributed by atoms with van der Waals surface area (Å²) in [6.45, 7) is 7.87. The first-order chi connectivity index (χ1) is 16.0. The highest BCUT2D eigenvalue weighted by Gasteiger charge is 2.31. The van der Waals surface area contributed by atoms with Crippen molar-refractivity contribution < 1.29 is 36.9 Å². The van der Waals surface area contributed by atoms with Gasteiger partial charge in [-0.25, -0.2) is 0 Å². The SMILES string of the molecule is CCOC(COc1ccc(C(F)(F)F)cc1)CSc1ccc(OC(C)(C)C(=O)COC)c(C)c1. The van der Waals surface area contributed by atoms with Crippen LogP contribution >= 0.6 is 11.8 Å². The summed E-state index contributed by atoms with van der Waals surface area (Å²) in [6.07, 6.45) is -4.63. The first kappa shape index (κ1) is 28.0. The van der Waals surface area contributed by atoms with E-state index in [0.717, 1.165) is 22.6 Å². The third-order valence-electron chi connectivity index (χ3n) is 4.91. The maximum Gasteiger partial charge on any atom is 0.416 e. The van der Waals surface area contributed by atoms with E-state index in [1.807, 2.05) is 32.0 Å².